The van der Waals surface area contributed by atoms with E-state index in [-0.39, 0.29) is 23.9 Å². The van der Waals surface area contributed by atoms with E-state index in [1.54, 1.807) is 30.3 Å². The third kappa shape index (κ3) is 6.13. The normalized spacial score (nSPS) is 13.9. The fraction of sp³-hybridized carbons (Fsp3) is 0.120. The summed E-state index contributed by atoms with van der Waals surface area (Å²) >= 11 is 9.19. The van der Waals surface area contributed by atoms with Crippen LogP contribution in [0.1, 0.15) is 23.6 Å². The molecule has 3 aromatic carbocycles. The molecule has 0 unspecified atom stereocenters. The van der Waals surface area contributed by atoms with E-state index in [1.165, 1.54) is 12.1 Å². The number of ether oxygens (including phenoxy) is 3. The molecule has 0 saturated heterocycles. The number of nitrogens with zero attached hydrogens (tertiary/aromatic N) is 2. The molecule has 3 aromatic rings. The fourth-order valence-corrected chi connectivity index (χ4v) is 4.55. The van der Waals surface area contributed by atoms with Gasteiger partial charge in [-0.2, -0.15) is 0 Å². The van der Waals surface area contributed by atoms with Crippen molar-refractivity contribution in [3.05, 3.63) is 99.6 Å². The molecule has 0 fully saturated rings. The highest BCUT2D eigenvalue weighted by atomic mass is 127. The van der Waals surface area contributed by atoms with E-state index >= 15 is 0 Å². The van der Waals surface area contributed by atoms with Gasteiger partial charge in [0.05, 0.1) is 16.0 Å². The van der Waals surface area contributed by atoms with Crippen LogP contribution in [0.25, 0.3) is 6.08 Å². The second kappa shape index (κ2) is 11.5. The Balaban J connectivity index is 1.58. The van der Waals surface area contributed by atoms with Crippen LogP contribution in [0.3, 0.4) is 0 Å². The smallest absolute Gasteiger partial charge is 0.363 e. The van der Waals surface area contributed by atoms with Gasteiger partial charge in [0.15, 0.2) is 17.2 Å². The molecule has 1 aliphatic rings. The average molecular weight is 728 g/mol. The molecule has 4 rings (SSSR count). The van der Waals surface area contributed by atoms with E-state index < -0.39 is 10.9 Å². The van der Waals surface area contributed by atoms with Crippen molar-refractivity contribution >= 4 is 78.1 Å². The van der Waals surface area contributed by atoms with Crippen LogP contribution in [0, 0.1) is 13.7 Å². The monoisotopic (exact) mass is 726 g/mol. The van der Waals surface area contributed by atoms with Gasteiger partial charge in [0.2, 0.25) is 5.90 Å². The summed E-state index contributed by atoms with van der Waals surface area (Å²) < 4.78 is 19.6. The molecular formula is C25H17Br2IN2O6. The Morgan fingerprint density at radius 3 is 2.50 bits per heavy atom. The van der Waals surface area contributed by atoms with E-state index in [0.717, 1.165) is 13.6 Å². The van der Waals surface area contributed by atoms with Crippen LogP contribution >= 0.6 is 54.5 Å². The van der Waals surface area contributed by atoms with Crippen molar-refractivity contribution in [2.24, 2.45) is 4.99 Å². The highest BCUT2D eigenvalue weighted by Gasteiger charge is 2.25. The maximum absolute atomic E-state index is 12.5. The van der Waals surface area contributed by atoms with Crippen LogP contribution in [0.4, 0.5) is 5.69 Å². The van der Waals surface area contributed by atoms with Crippen LogP contribution in [0.15, 0.2) is 74.2 Å². The van der Waals surface area contributed by atoms with Crippen molar-refractivity contribution in [1.29, 1.82) is 0 Å². The molecule has 0 radical (unpaired) electrons. The number of nitro benzene ring substituents is 1. The van der Waals surface area contributed by atoms with E-state index in [1.807, 2.05) is 25.1 Å². The van der Waals surface area contributed by atoms with Crippen molar-refractivity contribution in [3.8, 4) is 11.5 Å². The lowest BCUT2D eigenvalue weighted by Gasteiger charge is -2.15. The summed E-state index contributed by atoms with van der Waals surface area (Å²) in [7, 11) is 0. The maximum atomic E-state index is 12.5. The first-order chi connectivity index (χ1) is 17.2. The highest BCUT2D eigenvalue weighted by Crippen LogP contribution is 2.38. The first-order valence-corrected chi connectivity index (χ1v) is 13.2. The third-order valence-electron chi connectivity index (χ3n) is 4.95. The first-order valence-electron chi connectivity index (χ1n) is 10.6. The Hall–Kier alpha value is -2.77. The lowest BCUT2D eigenvalue weighted by atomic mass is 10.1. The summed E-state index contributed by atoms with van der Waals surface area (Å²) in [6, 6.07) is 15.2. The predicted molar refractivity (Wildman–Crippen MR) is 150 cm³/mol. The van der Waals surface area contributed by atoms with Gasteiger partial charge >= 0.3 is 5.97 Å². The van der Waals surface area contributed by atoms with Crippen molar-refractivity contribution in [2.45, 2.75) is 13.5 Å². The number of non-ortho nitro benzene ring substituents is 1. The number of carbonyl (C=O) groups excluding carboxylic acids is 1. The number of cyclic esters (lactones) is 1. The molecule has 0 N–H and O–H groups in total. The van der Waals surface area contributed by atoms with Crippen LogP contribution in [-0.2, 0) is 16.1 Å². The van der Waals surface area contributed by atoms with Gasteiger partial charge < -0.3 is 14.2 Å². The van der Waals surface area contributed by atoms with Crippen LogP contribution < -0.4 is 9.47 Å². The van der Waals surface area contributed by atoms with Gasteiger partial charge in [-0.3, -0.25) is 10.1 Å². The summed E-state index contributed by atoms with van der Waals surface area (Å²) in [5.41, 5.74) is 2.28. The zero-order chi connectivity index (χ0) is 25.8. The van der Waals surface area contributed by atoms with Gasteiger partial charge in [-0.15, -0.1) is 0 Å². The van der Waals surface area contributed by atoms with Gasteiger partial charge in [0, 0.05) is 25.7 Å². The van der Waals surface area contributed by atoms with E-state index in [4.69, 9.17) is 14.2 Å². The van der Waals surface area contributed by atoms with Gasteiger partial charge in [0.25, 0.3) is 5.69 Å². The third-order valence-corrected chi connectivity index (χ3v) is 7.88. The SMILES string of the molecule is CCOc1cc(/C=C2\N=C(c3ccc(I)c(Br)c3)OC2=O)cc(Br)c1OCc1ccc([N+](=O)[O-])cc1. The van der Waals surface area contributed by atoms with E-state index in [0.29, 0.717) is 33.7 Å². The van der Waals surface area contributed by atoms with Crippen LogP contribution in [0.5, 0.6) is 11.5 Å². The number of hydrogen-bond donors (Lipinski definition) is 0. The summed E-state index contributed by atoms with van der Waals surface area (Å²) in [5, 5.41) is 10.9. The summed E-state index contributed by atoms with van der Waals surface area (Å²) in [6.07, 6.45) is 1.62. The number of rotatable bonds is 8. The molecule has 36 heavy (non-hydrogen) atoms. The molecule has 1 aliphatic heterocycles. The number of esters is 1. The molecule has 0 aromatic heterocycles. The van der Waals surface area contributed by atoms with Crippen molar-refractivity contribution in [1.82, 2.24) is 0 Å². The minimum atomic E-state index is -0.549. The van der Waals surface area contributed by atoms with Crippen LogP contribution in [-0.4, -0.2) is 23.4 Å². The lowest BCUT2D eigenvalue weighted by Crippen LogP contribution is -2.05. The van der Waals surface area contributed by atoms with E-state index in [9.17, 15) is 14.9 Å². The maximum Gasteiger partial charge on any atom is 0.363 e. The van der Waals surface area contributed by atoms with E-state index in [2.05, 4.69) is 59.4 Å². The zero-order valence-corrected chi connectivity index (χ0v) is 24.0. The molecule has 0 saturated carbocycles. The minimum absolute atomic E-state index is 0.0123. The molecule has 1 heterocycles. The topological polar surface area (TPSA) is 100 Å². The second-order valence-corrected chi connectivity index (χ2v) is 10.3. The summed E-state index contributed by atoms with van der Waals surface area (Å²) in [5.74, 6) is 0.625. The van der Waals surface area contributed by atoms with Gasteiger partial charge in [-0.1, -0.05) is 0 Å². The zero-order valence-electron chi connectivity index (χ0n) is 18.7. The molecule has 8 nitrogen and oxygen atoms in total. The number of carbonyl (C=O) groups is 1. The molecule has 0 amide bonds. The minimum Gasteiger partial charge on any atom is -0.490 e. The highest BCUT2D eigenvalue weighted by molar-refractivity contribution is 14.1. The summed E-state index contributed by atoms with van der Waals surface area (Å²) in [4.78, 5) is 27.3. The number of hydrogen-bond acceptors (Lipinski definition) is 7. The standard InChI is InChI=1S/C25H17Br2IN2O6/c1-2-34-22-11-15(9-19(27)23(22)35-13-14-3-6-17(7-4-14)30(32)33)10-21-25(31)36-24(29-21)16-5-8-20(28)18(26)12-16/h3-12H,2,13H2,1H3/b21-10-. The van der Waals surface area contributed by atoms with Gasteiger partial charge in [0.1, 0.15) is 6.61 Å². The number of nitro groups is 1. The molecule has 0 bridgehead atoms. The van der Waals surface area contributed by atoms with Crippen molar-refractivity contribution < 1.29 is 23.9 Å². The van der Waals surface area contributed by atoms with Crippen LogP contribution in [0.2, 0.25) is 0 Å². The Bertz CT molecular complexity index is 1410. The first kappa shape index (κ1) is 26.3. The Labute approximate surface area is 236 Å². The quantitative estimate of drug-likeness (QED) is 0.0812. The number of benzene rings is 3. The molecule has 0 atom stereocenters. The number of aliphatic imine (C=N–C) groups is 1. The van der Waals surface area contributed by atoms with Gasteiger partial charge in [-0.05, 0) is 121 Å². The molecule has 0 aliphatic carbocycles. The fourth-order valence-electron chi connectivity index (χ4n) is 3.26. The predicted octanol–water partition coefficient (Wildman–Crippen LogP) is 7.05. The van der Waals surface area contributed by atoms with Gasteiger partial charge in [-0.25, -0.2) is 9.79 Å². The summed E-state index contributed by atoms with van der Waals surface area (Å²) in [6.45, 7) is 2.43. The second-order valence-electron chi connectivity index (χ2n) is 7.44. The number of halogens is 3. The Kier molecular flexibility index (Phi) is 8.42. The Morgan fingerprint density at radius 2 is 1.83 bits per heavy atom. The lowest BCUT2D eigenvalue weighted by molar-refractivity contribution is -0.384. The molecule has 11 heteroatoms. The molecular weight excluding hydrogens is 711 g/mol. The van der Waals surface area contributed by atoms with Crippen molar-refractivity contribution in [3.63, 3.8) is 0 Å². The Morgan fingerprint density at radius 1 is 1.08 bits per heavy atom. The molecule has 184 valence electrons. The largest absolute Gasteiger partial charge is 0.490 e. The molecule has 0 spiro atoms. The van der Waals surface area contributed by atoms with Crippen molar-refractivity contribution in [2.75, 3.05) is 6.61 Å². The average Bonchev–Trinajstić information content (AvgIpc) is 3.20.